The number of aromatic nitrogens is 4. The highest BCUT2D eigenvalue weighted by atomic mass is 35.5. The maximum atomic E-state index is 13.3. The number of rotatable bonds is 3. The maximum absolute atomic E-state index is 13.3. The van der Waals surface area contributed by atoms with E-state index >= 15 is 0 Å². The Morgan fingerprint density at radius 2 is 2.00 bits per heavy atom. The van der Waals surface area contributed by atoms with Gasteiger partial charge in [-0.15, -0.1) is 0 Å². The van der Waals surface area contributed by atoms with Gasteiger partial charge in [0.25, 0.3) is 0 Å². The molecule has 0 saturated heterocycles. The second-order valence-electron chi connectivity index (χ2n) is 5.46. The van der Waals surface area contributed by atoms with Crippen LogP contribution in [-0.4, -0.2) is 19.7 Å². The fourth-order valence-electron chi connectivity index (χ4n) is 2.53. The average molecular weight is 355 g/mol. The molecule has 0 aliphatic carbocycles. The van der Waals surface area contributed by atoms with Crippen molar-refractivity contribution in [3.8, 4) is 17.3 Å². The molecular weight excluding hydrogens is 343 g/mol. The molecule has 0 spiro atoms. The number of aryl methyl sites for hydroxylation is 1. The van der Waals surface area contributed by atoms with E-state index in [1.54, 1.807) is 23.0 Å². The molecule has 0 aliphatic rings. The second-order valence-corrected chi connectivity index (χ2v) is 5.90. The van der Waals surface area contributed by atoms with Crippen LogP contribution in [0.3, 0.4) is 0 Å². The first kappa shape index (κ1) is 15.5. The lowest BCUT2D eigenvalue weighted by atomic mass is 10.2. The Labute approximate surface area is 147 Å². The van der Waals surface area contributed by atoms with E-state index in [4.69, 9.17) is 16.3 Å². The Balaban J connectivity index is 1.82. The molecule has 7 heteroatoms. The van der Waals surface area contributed by atoms with Gasteiger partial charge in [-0.25, -0.2) is 19.0 Å². The zero-order chi connectivity index (χ0) is 17.4. The van der Waals surface area contributed by atoms with Crippen LogP contribution in [0.25, 0.3) is 16.7 Å². The molecule has 0 amide bonds. The van der Waals surface area contributed by atoms with Crippen molar-refractivity contribution in [2.45, 2.75) is 6.92 Å². The van der Waals surface area contributed by atoms with E-state index in [-0.39, 0.29) is 5.82 Å². The van der Waals surface area contributed by atoms with Crippen LogP contribution >= 0.6 is 11.6 Å². The van der Waals surface area contributed by atoms with Gasteiger partial charge < -0.3 is 4.74 Å². The third-order valence-electron chi connectivity index (χ3n) is 3.74. The Morgan fingerprint density at radius 1 is 1.12 bits per heavy atom. The van der Waals surface area contributed by atoms with Crippen LogP contribution in [0.5, 0.6) is 11.6 Å². The Morgan fingerprint density at radius 3 is 2.84 bits per heavy atom. The summed E-state index contributed by atoms with van der Waals surface area (Å²) in [4.78, 5) is 8.44. The summed E-state index contributed by atoms with van der Waals surface area (Å²) < 4.78 is 20.7. The van der Waals surface area contributed by atoms with Crippen molar-refractivity contribution < 1.29 is 9.13 Å². The van der Waals surface area contributed by atoms with Crippen LogP contribution < -0.4 is 4.74 Å². The first-order chi connectivity index (χ1) is 12.1. The molecule has 124 valence electrons. The van der Waals surface area contributed by atoms with Crippen molar-refractivity contribution in [3.63, 3.8) is 0 Å². The lowest BCUT2D eigenvalue weighted by Crippen LogP contribution is -2.00. The van der Waals surface area contributed by atoms with Crippen molar-refractivity contribution in [3.05, 3.63) is 71.4 Å². The van der Waals surface area contributed by atoms with E-state index in [1.165, 1.54) is 18.5 Å². The molecule has 2 aromatic heterocycles. The first-order valence-corrected chi connectivity index (χ1v) is 7.88. The average Bonchev–Trinajstić information content (AvgIpc) is 3.02. The van der Waals surface area contributed by atoms with Gasteiger partial charge in [-0.3, -0.25) is 0 Å². The molecule has 0 radical (unpaired) electrons. The molecular formula is C18H12ClFN4O. The minimum absolute atomic E-state index is 0.307. The van der Waals surface area contributed by atoms with Gasteiger partial charge in [0.1, 0.15) is 23.3 Å². The topological polar surface area (TPSA) is 52.8 Å². The summed E-state index contributed by atoms with van der Waals surface area (Å²) in [5, 5.41) is 5.61. The second kappa shape index (κ2) is 6.14. The number of ether oxygens (including phenoxy) is 1. The molecule has 5 nitrogen and oxygen atoms in total. The standard InChI is InChI=1S/C18H12ClFN4O/c1-11-5-6-12(19)7-16(11)24-17-15(9-23-24)18(22-10-21-17)25-14-4-2-3-13(20)8-14/h2-10H,1H3. The summed E-state index contributed by atoms with van der Waals surface area (Å²) in [6.07, 6.45) is 3.00. The highest BCUT2D eigenvalue weighted by Gasteiger charge is 2.14. The molecule has 2 aromatic carbocycles. The van der Waals surface area contributed by atoms with Gasteiger partial charge in [-0.2, -0.15) is 5.10 Å². The van der Waals surface area contributed by atoms with Gasteiger partial charge in [-0.05, 0) is 36.8 Å². The number of benzene rings is 2. The monoisotopic (exact) mass is 354 g/mol. The quantitative estimate of drug-likeness (QED) is 0.534. The van der Waals surface area contributed by atoms with Crippen molar-refractivity contribution in [2.24, 2.45) is 0 Å². The van der Waals surface area contributed by atoms with Crippen LogP contribution in [0.4, 0.5) is 4.39 Å². The molecule has 0 aliphatic heterocycles. The molecule has 4 aromatic rings. The number of hydrogen-bond acceptors (Lipinski definition) is 4. The first-order valence-electron chi connectivity index (χ1n) is 7.50. The predicted octanol–water partition coefficient (Wildman–Crippen LogP) is 4.71. The normalized spacial score (nSPS) is 11.0. The van der Waals surface area contributed by atoms with Gasteiger partial charge in [-0.1, -0.05) is 23.7 Å². The summed E-state index contributed by atoms with van der Waals surface area (Å²) in [5.41, 5.74) is 2.39. The molecule has 0 fully saturated rings. The summed E-state index contributed by atoms with van der Waals surface area (Å²) in [5.74, 6) is 0.279. The van der Waals surface area contributed by atoms with Crippen molar-refractivity contribution in [1.29, 1.82) is 0 Å². The summed E-state index contributed by atoms with van der Waals surface area (Å²) in [6, 6.07) is 11.4. The molecule has 0 unspecified atom stereocenters. The van der Waals surface area contributed by atoms with E-state index in [9.17, 15) is 4.39 Å². The Bertz CT molecular complexity index is 1080. The van der Waals surface area contributed by atoms with Crippen LogP contribution in [-0.2, 0) is 0 Å². The fourth-order valence-corrected chi connectivity index (χ4v) is 2.70. The zero-order valence-corrected chi connectivity index (χ0v) is 13.9. The van der Waals surface area contributed by atoms with Crippen LogP contribution in [0.1, 0.15) is 5.56 Å². The fraction of sp³-hybridized carbons (Fsp3) is 0.0556. The molecule has 0 saturated carbocycles. The highest BCUT2D eigenvalue weighted by Crippen LogP contribution is 2.29. The summed E-state index contributed by atoms with van der Waals surface area (Å²) >= 11 is 6.10. The molecule has 25 heavy (non-hydrogen) atoms. The van der Waals surface area contributed by atoms with Crippen LogP contribution in [0, 0.1) is 12.7 Å². The lowest BCUT2D eigenvalue weighted by molar-refractivity contribution is 0.463. The van der Waals surface area contributed by atoms with Crippen molar-refractivity contribution in [1.82, 2.24) is 19.7 Å². The molecule has 0 atom stereocenters. The zero-order valence-electron chi connectivity index (χ0n) is 13.1. The Kier molecular flexibility index (Phi) is 3.82. The molecule has 0 N–H and O–H groups in total. The van der Waals surface area contributed by atoms with Gasteiger partial charge in [0.15, 0.2) is 5.65 Å². The summed E-state index contributed by atoms with van der Waals surface area (Å²) in [6.45, 7) is 1.96. The van der Waals surface area contributed by atoms with E-state index in [0.29, 0.717) is 27.7 Å². The van der Waals surface area contributed by atoms with Crippen molar-refractivity contribution in [2.75, 3.05) is 0 Å². The van der Waals surface area contributed by atoms with E-state index in [1.807, 2.05) is 25.1 Å². The Hall–Kier alpha value is -2.99. The van der Waals surface area contributed by atoms with Gasteiger partial charge in [0.2, 0.25) is 5.88 Å². The van der Waals surface area contributed by atoms with Gasteiger partial charge >= 0.3 is 0 Å². The third kappa shape index (κ3) is 2.92. The minimum atomic E-state index is -0.381. The smallest absolute Gasteiger partial charge is 0.233 e. The number of nitrogens with zero attached hydrogens (tertiary/aromatic N) is 4. The molecule has 0 bridgehead atoms. The third-order valence-corrected chi connectivity index (χ3v) is 3.97. The van der Waals surface area contributed by atoms with Gasteiger partial charge in [0, 0.05) is 11.1 Å². The van der Waals surface area contributed by atoms with E-state index in [2.05, 4.69) is 15.1 Å². The lowest BCUT2D eigenvalue weighted by Gasteiger charge is -2.08. The van der Waals surface area contributed by atoms with Crippen LogP contribution in [0.2, 0.25) is 5.02 Å². The largest absolute Gasteiger partial charge is 0.438 e. The maximum Gasteiger partial charge on any atom is 0.233 e. The predicted molar refractivity (Wildman–Crippen MR) is 92.9 cm³/mol. The molecule has 4 rings (SSSR count). The van der Waals surface area contributed by atoms with E-state index in [0.717, 1.165) is 11.3 Å². The SMILES string of the molecule is Cc1ccc(Cl)cc1-n1ncc2c(Oc3cccc(F)c3)ncnc21. The summed E-state index contributed by atoms with van der Waals surface area (Å²) in [7, 11) is 0. The van der Waals surface area contributed by atoms with Crippen LogP contribution in [0.15, 0.2) is 55.0 Å². The van der Waals surface area contributed by atoms with Crippen molar-refractivity contribution >= 4 is 22.6 Å². The minimum Gasteiger partial charge on any atom is -0.438 e. The highest BCUT2D eigenvalue weighted by molar-refractivity contribution is 6.30. The number of halogens is 2. The van der Waals surface area contributed by atoms with Gasteiger partial charge in [0.05, 0.1) is 11.9 Å². The number of fused-ring (bicyclic) bond motifs is 1. The number of hydrogen-bond donors (Lipinski definition) is 0. The van der Waals surface area contributed by atoms with E-state index < -0.39 is 0 Å². The molecule has 2 heterocycles.